The van der Waals surface area contributed by atoms with Crippen LogP contribution in [0.1, 0.15) is 57.9 Å². The second-order valence-electron chi connectivity index (χ2n) is 8.64. The molecule has 2 aliphatic heterocycles. The third-order valence-electron chi connectivity index (χ3n) is 6.43. The molecule has 1 N–H and O–H groups in total. The molecule has 7 heteroatoms. The topological polar surface area (TPSA) is 59.9 Å². The van der Waals surface area contributed by atoms with E-state index in [4.69, 9.17) is 9.97 Å². The van der Waals surface area contributed by atoms with Gasteiger partial charge in [0, 0.05) is 51.0 Å². The first kappa shape index (κ1) is 22.4. The lowest BCUT2D eigenvalue weighted by atomic mass is 10.1. The average molecular weight is 436 g/mol. The third-order valence-corrected chi connectivity index (χ3v) is 6.43. The van der Waals surface area contributed by atoms with Gasteiger partial charge in [-0.25, -0.2) is 0 Å². The molecule has 0 unspecified atom stereocenters. The summed E-state index contributed by atoms with van der Waals surface area (Å²) in [7, 11) is 0. The summed E-state index contributed by atoms with van der Waals surface area (Å²) in [6.45, 7) is 10.6. The second-order valence-corrected chi connectivity index (χ2v) is 8.64. The normalized spacial score (nSPS) is 17.1. The van der Waals surface area contributed by atoms with Crippen LogP contribution >= 0.6 is 0 Å². The van der Waals surface area contributed by atoms with Crippen molar-refractivity contribution in [1.82, 2.24) is 9.97 Å². The van der Waals surface area contributed by atoms with Crippen LogP contribution in [0, 0.1) is 0 Å². The summed E-state index contributed by atoms with van der Waals surface area (Å²) in [5.41, 5.74) is 5.47. The highest BCUT2D eigenvalue weighted by atomic mass is 15.4. The van der Waals surface area contributed by atoms with Crippen LogP contribution in [0.4, 0.5) is 23.3 Å². The van der Waals surface area contributed by atoms with Crippen LogP contribution in [0.5, 0.6) is 0 Å². The molecule has 1 aromatic heterocycles. The first-order valence-corrected chi connectivity index (χ1v) is 12.3. The van der Waals surface area contributed by atoms with E-state index in [0.717, 1.165) is 62.4 Å². The fourth-order valence-electron chi connectivity index (χ4n) is 4.53. The Morgan fingerprint density at radius 1 is 0.875 bits per heavy atom. The minimum atomic E-state index is 0.761. The predicted octanol–water partition coefficient (Wildman–Crippen LogP) is 4.75. The zero-order valence-corrected chi connectivity index (χ0v) is 19.6. The number of hydrogen-bond acceptors (Lipinski definition) is 7. The van der Waals surface area contributed by atoms with Gasteiger partial charge in [-0.3, -0.25) is 5.43 Å². The largest absolute Gasteiger partial charge is 0.372 e. The van der Waals surface area contributed by atoms with Gasteiger partial charge < -0.3 is 14.7 Å². The SMILES string of the molecule is CCN(CC)c1ccc(C=NNc2cc(N3CCCCC3)nc(N3CCCCC3)n2)cc1. The molecular weight excluding hydrogens is 398 g/mol. The first-order chi connectivity index (χ1) is 15.8. The van der Waals surface area contributed by atoms with Gasteiger partial charge in [0.2, 0.25) is 5.95 Å². The number of nitrogens with one attached hydrogen (secondary N) is 1. The zero-order valence-electron chi connectivity index (χ0n) is 19.6. The Hall–Kier alpha value is -2.83. The van der Waals surface area contributed by atoms with Gasteiger partial charge in [0.05, 0.1) is 6.21 Å². The maximum absolute atomic E-state index is 4.93. The van der Waals surface area contributed by atoms with Crippen molar-refractivity contribution in [2.75, 3.05) is 59.4 Å². The molecule has 0 spiro atoms. The van der Waals surface area contributed by atoms with Crippen molar-refractivity contribution in [1.29, 1.82) is 0 Å². The monoisotopic (exact) mass is 435 g/mol. The summed E-state index contributed by atoms with van der Waals surface area (Å²) in [5.74, 6) is 2.60. The maximum Gasteiger partial charge on any atom is 0.229 e. The molecule has 0 atom stereocenters. The number of nitrogens with zero attached hydrogens (tertiary/aromatic N) is 6. The molecule has 0 amide bonds. The fourth-order valence-corrected chi connectivity index (χ4v) is 4.53. The molecule has 2 aromatic rings. The third kappa shape index (κ3) is 5.69. The van der Waals surface area contributed by atoms with E-state index in [1.165, 1.54) is 44.2 Å². The average Bonchev–Trinajstić information content (AvgIpc) is 2.86. The second kappa shape index (κ2) is 11.2. The number of aromatic nitrogens is 2. The molecule has 0 bridgehead atoms. The quantitative estimate of drug-likeness (QED) is 0.477. The molecule has 2 aliphatic rings. The molecule has 3 heterocycles. The van der Waals surface area contributed by atoms with Crippen molar-refractivity contribution < 1.29 is 0 Å². The summed E-state index contributed by atoms with van der Waals surface area (Å²) in [5, 5.41) is 4.48. The standard InChI is InChI=1S/C25H37N7/c1-3-30(4-2)22-13-11-21(12-14-22)20-26-29-23-19-24(31-15-7-5-8-16-31)28-25(27-23)32-17-9-6-10-18-32/h11-14,19-20H,3-10,15-18H2,1-2H3,(H,27,28,29). The Balaban J connectivity index is 1.49. The lowest BCUT2D eigenvalue weighted by molar-refractivity contribution is 0.561. The number of hydrogen-bond donors (Lipinski definition) is 1. The van der Waals surface area contributed by atoms with Crippen molar-refractivity contribution in [3.05, 3.63) is 35.9 Å². The van der Waals surface area contributed by atoms with Gasteiger partial charge in [-0.1, -0.05) is 12.1 Å². The molecule has 0 aliphatic carbocycles. The van der Waals surface area contributed by atoms with E-state index in [9.17, 15) is 0 Å². The maximum atomic E-state index is 4.93. The van der Waals surface area contributed by atoms with Gasteiger partial charge in [0.25, 0.3) is 0 Å². The van der Waals surface area contributed by atoms with E-state index in [1.54, 1.807) is 0 Å². The Morgan fingerprint density at radius 3 is 2.12 bits per heavy atom. The molecule has 4 rings (SSSR count). The van der Waals surface area contributed by atoms with Gasteiger partial charge in [-0.15, -0.1) is 0 Å². The highest BCUT2D eigenvalue weighted by molar-refractivity contribution is 5.81. The summed E-state index contributed by atoms with van der Waals surface area (Å²) < 4.78 is 0. The molecule has 172 valence electrons. The van der Waals surface area contributed by atoms with Crippen molar-refractivity contribution >= 4 is 29.5 Å². The van der Waals surface area contributed by atoms with Crippen LogP contribution in [0.2, 0.25) is 0 Å². The Labute approximate surface area is 192 Å². The van der Waals surface area contributed by atoms with Crippen LogP contribution in [0.25, 0.3) is 0 Å². The van der Waals surface area contributed by atoms with Crippen molar-refractivity contribution in [3.8, 4) is 0 Å². The minimum Gasteiger partial charge on any atom is -0.372 e. The highest BCUT2D eigenvalue weighted by Crippen LogP contribution is 2.25. The molecule has 0 radical (unpaired) electrons. The van der Waals surface area contributed by atoms with Gasteiger partial charge in [-0.2, -0.15) is 15.1 Å². The van der Waals surface area contributed by atoms with Crippen LogP contribution in [-0.2, 0) is 0 Å². The molecule has 1 aromatic carbocycles. The van der Waals surface area contributed by atoms with Gasteiger partial charge in [0.15, 0.2) is 5.82 Å². The summed E-state index contributed by atoms with van der Waals surface area (Å²) in [4.78, 5) is 16.8. The first-order valence-electron chi connectivity index (χ1n) is 12.3. The molecular formula is C25H37N7. The lowest BCUT2D eigenvalue weighted by Gasteiger charge is -2.31. The van der Waals surface area contributed by atoms with E-state index in [-0.39, 0.29) is 0 Å². The molecule has 2 saturated heterocycles. The number of piperidine rings is 2. The summed E-state index contributed by atoms with van der Waals surface area (Å²) in [6.07, 6.45) is 9.34. The molecule has 32 heavy (non-hydrogen) atoms. The summed E-state index contributed by atoms with van der Waals surface area (Å²) >= 11 is 0. The molecule has 2 fully saturated rings. The van der Waals surface area contributed by atoms with E-state index in [0.29, 0.717) is 0 Å². The molecule has 7 nitrogen and oxygen atoms in total. The predicted molar refractivity (Wildman–Crippen MR) is 135 cm³/mol. The van der Waals surface area contributed by atoms with Crippen LogP contribution < -0.4 is 20.1 Å². The number of benzene rings is 1. The lowest BCUT2D eigenvalue weighted by Crippen LogP contribution is -2.33. The minimum absolute atomic E-state index is 0.761. The van der Waals surface area contributed by atoms with Crippen molar-refractivity contribution in [3.63, 3.8) is 0 Å². The zero-order chi connectivity index (χ0) is 22.2. The Bertz CT molecular complexity index is 828. The Morgan fingerprint density at radius 2 is 1.50 bits per heavy atom. The fraction of sp³-hybridized carbons (Fsp3) is 0.560. The van der Waals surface area contributed by atoms with E-state index >= 15 is 0 Å². The van der Waals surface area contributed by atoms with Crippen molar-refractivity contribution in [2.24, 2.45) is 5.10 Å². The van der Waals surface area contributed by atoms with Crippen LogP contribution in [0.15, 0.2) is 35.4 Å². The highest BCUT2D eigenvalue weighted by Gasteiger charge is 2.19. The van der Waals surface area contributed by atoms with Crippen LogP contribution in [-0.4, -0.2) is 55.5 Å². The molecule has 0 saturated carbocycles. The van der Waals surface area contributed by atoms with E-state index in [2.05, 4.69) is 63.3 Å². The number of rotatable bonds is 8. The van der Waals surface area contributed by atoms with E-state index in [1.807, 2.05) is 12.3 Å². The Kier molecular flexibility index (Phi) is 7.80. The smallest absolute Gasteiger partial charge is 0.229 e. The van der Waals surface area contributed by atoms with Gasteiger partial charge in [-0.05, 0) is 70.1 Å². The number of anilines is 4. The van der Waals surface area contributed by atoms with E-state index < -0.39 is 0 Å². The van der Waals surface area contributed by atoms with Gasteiger partial charge >= 0.3 is 0 Å². The summed E-state index contributed by atoms with van der Waals surface area (Å²) in [6, 6.07) is 10.6. The van der Waals surface area contributed by atoms with Gasteiger partial charge in [0.1, 0.15) is 5.82 Å². The van der Waals surface area contributed by atoms with Crippen LogP contribution in [0.3, 0.4) is 0 Å². The number of hydrazone groups is 1. The van der Waals surface area contributed by atoms with Crippen molar-refractivity contribution in [2.45, 2.75) is 52.4 Å².